The SMILES string of the molecule is CCCCc1cc(-c2cccc(-c3ccccc3)c2)c2nc(-c3ccccc3O)sc2c1. The molecule has 5 rings (SSSR count). The van der Waals surface area contributed by atoms with E-state index in [1.807, 2.05) is 24.3 Å². The second-order valence-electron chi connectivity index (χ2n) is 8.08. The number of rotatable bonds is 6. The molecule has 1 heterocycles. The number of phenolic OH excluding ortho intramolecular Hbond substituents is 1. The van der Waals surface area contributed by atoms with Crippen LogP contribution in [0.5, 0.6) is 5.75 Å². The lowest BCUT2D eigenvalue weighted by molar-refractivity contribution is 0.477. The van der Waals surface area contributed by atoms with Gasteiger partial charge in [0.2, 0.25) is 0 Å². The van der Waals surface area contributed by atoms with E-state index >= 15 is 0 Å². The predicted molar refractivity (Wildman–Crippen MR) is 136 cm³/mol. The molecule has 1 N–H and O–H groups in total. The molecule has 0 aliphatic heterocycles. The van der Waals surface area contributed by atoms with Crippen LogP contribution in [0.4, 0.5) is 0 Å². The van der Waals surface area contributed by atoms with Gasteiger partial charge < -0.3 is 5.11 Å². The predicted octanol–water partition coefficient (Wildman–Crippen LogP) is 8.35. The molecule has 0 amide bonds. The maximum absolute atomic E-state index is 10.4. The summed E-state index contributed by atoms with van der Waals surface area (Å²) >= 11 is 1.65. The molecule has 0 fully saturated rings. The molecule has 0 bridgehead atoms. The fourth-order valence-corrected chi connectivity index (χ4v) is 5.19. The van der Waals surface area contributed by atoms with E-state index in [2.05, 4.69) is 67.6 Å². The summed E-state index contributed by atoms with van der Waals surface area (Å²) in [5.74, 6) is 0.269. The van der Waals surface area contributed by atoms with E-state index in [0.717, 1.165) is 32.8 Å². The number of aromatic hydroxyl groups is 1. The normalized spacial score (nSPS) is 11.2. The third-order valence-corrected chi connectivity index (χ3v) is 6.82. The van der Waals surface area contributed by atoms with Gasteiger partial charge in [-0.3, -0.25) is 0 Å². The molecule has 0 unspecified atom stereocenters. The Bertz CT molecular complexity index is 1370. The number of phenols is 1. The van der Waals surface area contributed by atoms with Crippen molar-refractivity contribution in [3.63, 3.8) is 0 Å². The zero-order valence-corrected chi connectivity index (χ0v) is 18.9. The van der Waals surface area contributed by atoms with Gasteiger partial charge in [0.1, 0.15) is 10.8 Å². The lowest BCUT2D eigenvalue weighted by Crippen LogP contribution is -1.89. The largest absolute Gasteiger partial charge is 0.507 e. The maximum atomic E-state index is 10.4. The van der Waals surface area contributed by atoms with Crippen molar-refractivity contribution < 1.29 is 5.11 Å². The monoisotopic (exact) mass is 435 g/mol. The van der Waals surface area contributed by atoms with Crippen molar-refractivity contribution >= 4 is 21.6 Å². The van der Waals surface area contributed by atoms with Gasteiger partial charge in [-0.05, 0) is 65.4 Å². The highest BCUT2D eigenvalue weighted by atomic mass is 32.1. The summed E-state index contributed by atoms with van der Waals surface area (Å²) in [5, 5.41) is 11.2. The van der Waals surface area contributed by atoms with Crippen molar-refractivity contribution in [2.75, 3.05) is 0 Å². The van der Waals surface area contributed by atoms with Crippen LogP contribution in [0.2, 0.25) is 0 Å². The molecule has 1 aromatic heterocycles. The lowest BCUT2D eigenvalue weighted by atomic mass is 9.96. The van der Waals surface area contributed by atoms with Crippen molar-refractivity contribution in [1.82, 2.24) is 4.98 Å². The fourth-order valence-electron chi connectivity index (χ4n) is 4.10. The summed E-state index contributed by atoms with van der Waals surface area (Å²) < 4.78 is 1.16. The molecule has 3 heteroatoms. The van der Waals surface area contributed by atoms with E-state index < -0.39 is 0 Å². The molecule has 2 nitrogen and oxygen atoms in total. The van der Waals surface area contributed by atoms with Crippen LogP contribution in [0.25, 0.3) is 43.0 Å². The van der Waals surface area contributed by atoms with Crippen molar-refractivity contribution in [1.29, 1.82) is 0 Å². The van der Waals surface area contributed by atoms with Crippen LogP contribution >= 0.6 is 11.3 Å². The van der Waals surface area contributed by atoms with Gasteiger partial charge in [0, 0.05) is 5.56 Å². The van der Waals surface area contributed by atoms with Gasteiger partial charge in [0.05, 0.1) is 15.8 Å². The van der Waals surface area contributed by atoms with Gasteiger partial charge in [-0.1, -0.05) is 74.0 Å². The van der Waals surface area contributed by atoms with Crippen LogP contribution in [0.15, 0.2) is 91.0 Å². The Kier molecular flexibility index (Phi) is 5.74. The fraction of sp³-hybridized carbons (Fsp3) is 0.138. The molecule has 158 valence electrons. The van der Waals surface area contributed by atoms with Gasteiger partial charge in [-0.2, -0.15) is 0 Å². The second-order valence-corrected chi connectivity index (χ2v) is 9.11. The van der Waals surface area contributed by atoms with E-state index in [9.17, 15) is 5.11 Å². The number of thiazole rings is 1. The first-order chi connectivity index (χ1) is 15.7. The summed E-state index contributed by atoms with van der Waals surface area (Å²) in [6.45, 7) is 2.23. The summed E-state index contributed by atoms with van der Waals surface area (Å²) in [5.41, 5.74) is 7.86. The van der Waals surface area contributed by atoms with Gasteiger partial charge in [0.25, 0.3) is 0 Å². The molecule has 0 saturated heterocycles. The van der Waals surface area contributed by atoms with Crippen molar-refractivity contribution in [3.05, 3.63) is 96.6 Å². The average molecular weight is 436 g/mol. The van der Waals surface area contributed by atoms with Gasteiger partial charge in [-0.15, -0.1) is 11.3 Å². The standard InChI is InChI=1S/C29H25NOS/c1-2-3-10-20-17-25(23-14-9-13-22(19-23)21-11-5-4-6-12-21)28-27(18-20)32-29(30-28)24-15-7-8-16-26(24)31/h4-9,11-19,31H,2-3,10H2,1H3. The molecule has 5 aromatic rings. The van der Waals surface area contributed by atoms with Crippen molar-refractivity contribution in [2.24, 2.45) is 0 Å². The maximum Gasteiger partial charge on any atom is 0.128 e. The molecule has 0 aliphatic rings. The third kappa shape index (κ3) is 4.04. The van der Waals surface area contributed by atoms with E-state index in [0.29, 0.717) is 0 Å². The van der Waals surface area contributed by atoms with Crippen LogP contribution < -0.4 is 0 Å². The molecule has 0 spiro atoms. The lowest BCUT2D eigenvalue weighted by Gasteiger charge is -2.09. The Hall–Kier alpha value is -3.43. The number of unbranched alkanes of at least 4 members (excludes halogenated alkanes) is 1. The Balaban J connectivity index is 1.68. The molecule has 0 atom stereocenters. The van der Waals surface area contributed by atoms with Crippen LogP contribution in [0, 0.1) is 0 Å². The first-order valence-corrected chi connectivity index (χ1v) is 11.9. The van der Waals surface area contributed by atoms with Crippen molar-refractivity contribution in [3.8, 4) is 38.6 Å². The Morgan fingerprint density at radius 2 is 1.50 bits per heavy atom. The minimum atomic E-state index is 0.269. The smallest absolute Gasteiger partial charge is 0.128 e. The number of aromatic nitrogens is 1. The summed E-state index contributed by atoms with van der Waals surface area (Å²) in [7, 11) is 0. The first-order valence-electron chi connectivity index (χ1n) is 11.1. The molecule has 4 aromatic carbocycles. The topological polar surface area (TPSA) is 33.1 Å². The minimum Gasteiger partial charge on any atom is -0.507 e. The number of nitrogens with zero attached hydrogens (tertiary/aromatic N) is 1. The number of benzene rings is 4. The highest BCUT2D eigenvalue weighted by molar-refractivity contribution is 7.21. The van der Waals surface area contributed by atoms with Crippen LogP contribution in [-0.2, 0) is 6.42 Å². The average Bonchev–Trinajstić information content (AvgIpc) is 3.27. The highest BCUT2D eigenvalue weighted by Crippen LogP contribution is 2.40. The van der Waals surface area contributed by atoms with E-state index in [1.165, 1.54) is 35.1 Å². The molecule has 0 aliphatic carbocycles. The Labute approximate surface area is 192 Å². The van der Waals surface area contributed by atoms with Crippen molar-refractivity contribution in [2.45, 2.75) is 26.2 Å². The zero-order chi connectivity index (χ0) is 21.9. The molecular formula is C29H25NOS. The molecule has 0 saturated carbocycles. The summed E-state index contributed by atoms with van der Waals surface area (Å²) in [6.07, 6.45) is 3.39. The number of aryl methyl sites for hydroxylation is 1. The number of para-hydroxylation sites is 1. The van der Waals surface area contributed by atoms with Gasteiger partial charge >= 0.3 is 0 Å². The number of hydrogen-bond acceptors (Lipinski definition) is 3. The second kappa shape index (κ2) is 8.97. The summed E-state index contributed by atoms with van der Waals surface area (Å²) in [6, 6.07) is 31.2. The van der Waals surface area contributed by atoms with Gasteiger partial charge in [-0.25, -0.2) is 4.98 Å². The zero-order valence-electron chi connectivity index (χ0n) is 18.1. The van der Waals surface area contributed by atoms with Gasteiger partial charge in [0.15, 0.2) is 0 Å². The van der Waals surface area contributed by atoms with Crippen LogP contribution in [0.1, 0.15) is 25.3 Å². The number of fused-ring (bicyclic) bond motifs is 1. The van der Waals surface area contributed by atoms with E-state index in [-0.39, 0.29) is 5.75 Å². The first kappa shape index (κ1) is 20.5. The molecule has 32 heavy (non-hydrogen) atoms. The molecular weight excluding hydrogens is 410 g/mol. The minimum absolute atomic E-state index is 0.269. The Morgan fingerprint density at radius 1 is 0.750 bits per heavy atom. The third-order valence-electron chi connectivity index (χ3n) is 5.79. The highest BCUT2D eigenvalue weighted by Gasteiger charge is 2.15. The van der Waals surface area contributed by atoms with E-state index in [1.54, 1.807) is 17.4 Å². The van der Waals surface area contributed by atoms with Crippen LogP contribution in [-0.4, -0.2) is 10.1 Å². The number of hydrogen-bond donors (Lipinski definition) is 1. The Morgan fingerprint density at radius 3 is 2.31 bits per heavy atom. The van der Waals surface area contributed by atoms with E-state index in [4.69, 9.17) is 4.98 Å². The summed E-state index contributed by atoms with van der Waals surface area (Å²) in [4.78, 5) is 5.00. The quantitative estimate of drug-likeness (QED) is 0.291. The van der Waals surface area contributed by atoms with Crippen LogP contribution in [0.3, 0.4) is 0 Å². The molecule has 0 radical (unpaired) electrons.